The first-order chi connectivity index (χ1) is 9.61. The van der Waals surface area contributed by atoms with Crippen LogP contribution >= 0.6 is 15.9 Å². The molecule has 2 aromatic rings. The number of benzene rings is 2. The van der Waals surface area contributed by atoms with E-state index in [0.29, 0.717) is 24.3 Å². The molecule has 0 aromatic heterocycles. The summed E-state index contributed by atoms with van der Waals surface area (Å²) in [6.45, 7) is 0.567. The Balaban J connectivity index is 2.05. The van der Waals surface area contributed by atoms with E-state index in [4.69, 9.17) is 10.5 Å². The Kier molecular flexibility index (Phi) is 4.84. The number of nitrogens with two attached hydrogens (primary N) is 1. The summed E-state index contributed by atoms with van der Waals surface area (Å²) < 4.78 is 19.9. The molecule has 0 atom stereocenters. The van der Waals surface area contributed by atoms with Gasteiger partial charge in [0.05, 0.1) is 18.5 Å². The summed E-state index contributed by atoms with van der Waals surface area (Å²) >= 11 is 3.43. The van der Waals surface area contributed by atoms with E-state index in [9.17, 15) is 4.39 Å². The molecule has 0 aliphatic heterocycles. The quantitative estimate of drug-likeness (QED) is 0.814. The third-order valence-electron chi connectivity index (χ3n) is 2.98. The molecular formula is C15H16BrFN2O. The molecule has 0 radical (unpaired) electrons. The molecule has 0 amide bonds. The second-order valence-corrected chi connectivity index (χ2v) is 5.25. The van der Waals surface area contributed by atoms with E-state index < -0.39 is 0 Å². The summed E-state index contributed by atoms with van der Waals surface area (Å²) in [6.07, 6.45) is 0.705. The molecule has 2 rings (SSSR count). The first-order valence-corrected chi connectivity index (χ1v) is 7.01. The Morgan fingerprint density at radius 1 is 1.30 bits per heavy atom. The predicted molar refractivity (Wildman–Crippen MR) is 83.7 cm³/mol. The Bertz CT molecular complexity index is 584. The molecule has 0 heterocycles. The molecule has 20 heavy (non-hydrogen) atoms. The summed E-state index contributed by atoms with van der Waals surface area (Å²) in [6, 6.07) is 10.5. The highest BCUT2D eigenvalue weighted by Gasteiger charge is 2.07. The second-order valence-electron chi connectivity index (χ2n) is 4.34. The van der Waals surface area contributed by atoms with Crippen LogP contribution in [0.3, 0.4) is 0 Å². The lowest BCUT2D eigenvalue weighted by molar-refractivity contribution is 0.410. The zero-order valence-corrected chi connectivity index (χ0v) is 12.7. The summed E-state index contributed by atoms with van der Waals surface area (Å²) in [5, 5.41) is 3.03. The predicted octanol–water partition coefficient (Wildman–Crippen LogP) is 3.83. The molecule has 0 bridgehead atoms. The van der Waals surface area contributed by atoms with Gasteiger partial charge in [0.15, 0.2) is 0 Å². The lowest BCUT2D eigenvalue weighted by Crippen LogP contribution is -2.09. The van der Waals surface area contributed by atoms with Crippen molar-refractivity contribution in [1.82, 2.24) is 0 Å². The Labute approximate surface area is 126 Å². The Morgan fingerprint density at radius 2 is 2.10 bits per heavy atom. The molecule has 106 valence electrons. The van der Waals surface area contributed by atoms with Crippen LogP contribution in [0.5, 0.6) is 5.75 Å². The maximum Gasteiger partial charge on any atom is 0.148 e. The largest absolute Gasteiger partial charge is 0.496 e. The number of hydrogen-bond acceptors (Lipinski definition) is 3. The number of anilines is 2. The number of rotatable bonds is 5. The van der Waals surface area contributed by atoms with Gasteiger partial charge in [0.2, 0.25) is 0 Å². The fourth-order valence-electron chi connectivity index (χ4n) is 1.99. The van der Waals surface area contributed by atoms with Crippen molar-refractivity contribution in [1.29, 1.82) is 0 Å². The average molecular weight is 339 g/mol. The lowest BCUT2D eigenvalue weighted by atomic mass is 10.1. The van der Waals surface area contributed by atoms with Gasteiger partial charge in [0, 0.05) is 11.0 Å². The molecule has 0 spiro atoms. The van der Waals surface area contributed by atoms with Crippen LogP contribution in [0, 0.1) is 5.82 Å². The van der Waals surface area contributed by atoms with Crippen LogP contribution in [0.25, 0.3) is 0 Å². The van der Waals surface area contributed by atoms with Crippen LogP contribution in [-0.4, -0.2) is 13.7 Å². The third-order valence-corrected chi connectivity index (χ3v) is 3.48. The Morgan fingerprint density at radius 3 is 2.80 bits per heavy atom. The topological polar surface area (TPSA) is 47.3 Å². The van der Waals surface area contributed by atoms with Crippen LogP contribution < -0.4 is 15.8 Å². The van der Waals surface area contributed by atoms with E-state index in [0.717, 1.165) is 15.8 Å². The van der Waals surface area contributed by atoms with Crippen molar-refractivity contribution < 1.29 is 9.13 Å². The van der Waals surface area contributed by atoms with E-state index in [1.54, 1.807) is 19.2 Å². The van der Waals surface area contributed by atoms with E-state index in [-0.39, 0.29) is 5.82 Å². The number of para-hydroxylation sites is 1. The monoisotopic (exact) mass is 338 g/mol. The third kappa shape index (κ3) is 3.42. The van der Waals surface area contributed by atoms with Gasteiger partial charge in [-0.25, -0.2) is 4.39 Å². The summed E-state index contributed by atoms with van der Waals surface area (Å²) in [5.74, 6) is 0.475. The van der Waals surface area contributed by atoms with Crippen molar-refractivity contribution in [3.63, 3.8) is 0 Å². The van der Waals surface area contributed by atoms with Crippen molar-refractivity contribution in [3.8, 4) is 5.75 Å². The van der Waals surface area contributed by atoms with Crippen molar-refractivity contribution in [2.75, 3.05) is 24.7 Å². The van der Waals surface area contributed by atoms with Crippen LogP contribution in [0.2, 0.25) is 0 Å². The number of halogens is 2. The van der Waals surface area contributed by atoms with Gasteiger partial charge in [0.25, 0.3) is 0 Å². The van der Waals surface area contributed by atoms with Crippen LogP contribution in [-0.2, 0) is 6.42 Å². The van der Waals surface area contributed by atoms with Gasteiger partial charge in [-0.3, -0.25) is 0 Å². The van der Waals surface area contributed by atoms with E-state index >= 15 is 0 Å². The second kappa shape index (κ2) is 6.61. The van der Waals surface area contributed by atoms with E-state index in [1.165, 1.54) is 6.07 Å². The molecule has 0 saturated heterocycles. The zero-order valence-electron chi connectivity index (χ0n) is 11.1. The molecule has 3 N–H and O–H groups in total. The van der Waals surface area contributed by atoms with Crippen LogP contribution in [0.4, 0.5) is 15.8 Å². The highest BCUT2D eigenvalue weighted by Crippen LogP contribution is 2.25. The first kappa shape index (κ1) is 14.7. The molecule has 0 aliphatic carbocycles. The average Bonchev–Trinajstić information content (AvgIpc) is 2.42. The van der Waals surface area contributed by atoms with Crippen LogP contribution in [0.15, 0.2) is 40.9 Å². The van der Waals surface area contributed by atoms with E-state index in [1.807, 2.05) is 18.2 Å². The summed E-state index contributed by atoms with van der Waals surface area (Å²) in [4.78, 5) is 0. The molecule has 5 heteroatoms. The van der Waals surface area contributed by atoms with Crippen molar-refractivity contribution >= 4 is 27.3 Å². The maximum absolute atomic E-state index is 13.6. The number of ether oxygens (including phenoxy) is 1. The summed E-state index contributed by atoms with van der Waals surface area (Å²) in [5.41, 5.74) is 7.55. The van der Waals surface area contributed by atoms with E-state index in [2.05, 4.69) is 21.2 Å². The van der Waals surface area contributed by atoms with Gasteiger partial charge in [-0.15, -0.1) is 0 Å². The van der Waals surface area contributed by atoms with Gasteiger partial charge >= 0.3 is 0 Å². The molecule has 0 saturated carbocycles. The van der Waals surface area contributed by atoms with Gasteiger partial charge in [0.1, 0.15) is 11.6 Å². The zero-order chi connectivity index (χ0) is 14.5. The SMILES string of the molecule is COc1ccc(Br)cc1CCNc1c(N)cccc1F. The van der Waals surface area contributed by atoms with Gasteiger partial charge in [-0.05, 0) is 42.3 Å². The van der Waals surface area contributed by atoms with Crippen LogP contribution in [0.1, 0.15) is 5.56 Å². The summed E-state index contributed by atoms with van der Waals surface area (Å²) in [7, 11) is 1.63. The number of methoxy groups -OCH3 is 1. The number of hydrogen-bond donors (Lipinski definition) is 2. The Hall–Kier alpha value is -1.75. The van der Waals surface area contributed by atoms with Crippen molar-refractivity contribution in [3.05, 3.63) is 52.3 Å². The molecule has 2 aromatic carbocycles. The fourth-order valence-corrected chi connectivity index (χ4v) is 2.40. The van der Waals surface area contributed by atoms with Gasteiger partial charge in [-0.1, -0.05) is 22.0 Å². The fraction of sp³-hybridized carbons (Fsp3) is 0.200. The van der Waals surface area contributed by atoms with Gasteiger partial charge < -0.3 is 15.8 Å². The van der Waals surface area contributed by atoms with Crippen molar-refractivity contribution in [2.24, 2.45) is 0 Å². The molecule has 0 unspecified atom stereocenters. The lowest BCUT2D eigenvalue weighted by Gasteiger charge is -2.12. The number of nitrogen functional groups attached to an aromatic ring is 1. The highest BCUT2D eigenvalue weighted by atomic mass is 79.9. The highest BCUT2D eigenvalue weighted by molar-refractivity contribution is 9.10. The minimum Gasteiger partial charge on any atom is -0.496 e. The maximum atomic E-state index is 13.6. The number of nitrogens with one attached hydrogen (secondary N) is 1. The minimum absolute atomic E-state index is 0.341. The molecule has 0 aliphatic rings. The van der Waals surface area contributed by atoms with Crippen molar-refractivity contribution in [2.45, 2.75) is 6.42 Å². The standard InChI is InChI=1S/C15H16BrFN2O/c1-20-14-6-5-11(16)9-10(14)7-8-19-15-12(17)3-2-4-13(15)18/h2-6,9,19H,7-8,18H2,1H3. The molecule has 0 fully saturated rings. The van der Waals surface area contributed by atoms with Gasteiger partial charge in [-0.2, -0.15) is 0 Å². The minimum atomic E-state index is -0.341. The first-order valence-electron chi connectivity index (χ1n) is 6.22. The smallest absolute Gasteiger partial charge is 0.148 e. The molecular weight excluding hydrogens is 323 g/mol. The normalized spacial score (nSPS) is 10.3. The molecule has 3 nitrogen and oxygen atoms in total.